The van der Waals surface area contributed by atoms with Gasteiger partial charge in [0.2, 0.25) is 5.82 Å². The number of amides is 1. The van der Waals surface area contributed by atoms with Crippen LogP contribution in [-0.2, 0) is 6.18 Å². The molecule has 0 bridgehead atoms. The summed E-state index contributed by atoms with van der Waals surface area (Å²) in [6.45, 7) is 0. The summed E-state index contributed by atoms with van der Waals surface area (Å²) < 4.78 is 60.2. The van der Waals surface area contributed by atoms with Gasteiger partial charge in [0.1, 0.15) is 5.75 Å². The maximum absolute atomic E-state index is 13.7. The number of hydrogen-bond acceptors (Lipinski definition) is 6. The van der Waals surface area contributed by atoms with E-state index in [0.717, 1.165) is 23.2 Å². The summed E-state index contributed by atoms with van der Waals surface area (Å²) in [7, 11) is 1.39. The second-order valence-corrected chi connectivity index (χ2v) is 6.19. The molecule has 4 aromatic rings. The van der Waals surface area contributed by atoms with Crippen molar-refractivity contribution in [1.82, 2.24) is 24.5 Å². The number of benzene rings is 1. The van der Waals surface area contributed by atoms with Crippen molar-refractivity contribution in [3.05, 3.63) is 66.3 Å². The summed E-state index contributed by atoms with van der Waals surface area (Å²) in [6, 6.07) is 5.45. The minimum absolute atomic E-state index is 0.0546. The van der Waals surface area contributed by atoms with Crippen LogP contribution in [0.4, 0.5) is 23.4 Å². The van der Waals surface area contributed by atoms with Crippen molar-refractivity contribution in [2.75, 3.05) is 12.4 Å². The molecule has 1 amide bonds. The quantitative estimate of drug-likeness (QED) is 0.495. The lowest BCUT2D eigenvalue weighted by Crippen LogP contribution is -2.17. The average Bonchev–Trinajstić information content (AvgIpc) is 3.14. The molecule has 0 saturated carbocycles. The van der Waals surface area contributed by atoms with Crippen LogP contribution in [-0.4, -0.2) is 37.5 Å². The van der Waals surface area contributed by atoms with Gasteiger partial charge in [0, 0.05) is 12.3 Å². The van der Waals surface area contributed by atoms with E-state index in [2.05, 4.69) is 25.3 Å². The number of fused-ring (bicyclic) bond motifs is 1. The standard InChI is InChI=1S/C19H12F4N6O2/c1-31-10-2-3-14-13(6-10)27-18(19(21,22)23)29(14)16-9-25-15(8-26-16)28-17(30)11-4-5-24-7-12(11)20/h2-9H,1H3,(H,25,28,30). The lowest BCUT2D eigenvalue weighted by Gasteiger charge is -2.11. The molecule has 31 heavy (non-hydrogen) atoms. The third-order valence-electron chi connectivity index (χ3n) is 4.24. The first-order valence-electron chi connectivity index (χ1n) is 8.65. The number of anilines is 1. The minimum atomic E-state index is -4.76. The lowest BCUT2D eigenvalue weighted by molar-refractivity contribution is -0.145. The third kappa shape index (κ3) is 3.86. The Kier molecular flexibility index (Phi) is 4.97. The molecule has 0 saturated heterocycles. The molecule has 0 radical (unpaired) electrons. The molecule has 158 valence electrons. The van der Waals surface area contributed by atoms with E-state index >= 15 is 0 Å². The normalized spacial score (nSPS) is 11.5. The van der Waals surface area contributed by atoms with E-state index in [1.54, 1.807) is 0 Å². The van der Waals surface area contributed by atoms with E-state index in [9.17, 15) is 22.4 Å². The zero-order valence-corrected chi connectivity index (χ0v) is 15.7. The van der Waals surface area contributed by atoms with E-state index in [0.29, 0.717) is 5.75 Å². The highest BCUT2D eigenvalue weighted by Crippen LogP contribution is 2.34. The molecule has 1 N–H and O–H groups in total. The molecule has 0 spiro atoms. The third-order valence-corrected chi connectivity index (χ3v) is 4.24. The number of rotatable bonds is 4. The smallest absolute Gasteiger partial charge is 0.450 e. The number of halogens is 4. The molecular weight excluding hydrogens is 420 g/mol. The molecule has 4 rings (SSSR count). The first kappa shape index (κ1) is 20.2. The van der Waals surface area contributed by atoms with Gasteiger partial charge in [-0.1, -0.05) is 0 Å². The molecule has 0 aliphatic rings. The van der Waals surface area contributed by atoms with Crippen LogP contribution in [0.1, 0.15) is 16.2 Å². The summed E-state index contributed by atoms with van der Waals surface area (Å²) in [5.74, 6) is -2.74. The Hall–Kier alpha value is -4.09. The number of ether oxygens (including phenoxy) is 1. The number of imidazole rings is 1. The Bertz CT molecular complexity index is 1270. The molecule has 0 unspecified atom stereocenters. The SMILES string of the molecule is COc1ccc2c(c1)nc(C(F)(F)F)n2-c1cnc(NC(=O)c2ccncc2F)cn1. The first-order valence-corrected chi connectivity index (χ1v) is 8.65. The number of carbonyl (C=O) groups is 1. The predicted molar refractivity (Wildman–Crippen MR) is 100 cm³/mol. The van der Waals surface area contributed by atoms with Gasteiger partial charge in [0.05, 0.1) is 42.3 Å². The first-order chi connectivity index (χ1) is 14.8. The van der Waals surface area contributed by atoms with Crippen molar-refractivity contribution in [2.45, 2.75) is 6.18 Å². The Morgan fingerprint density at radius 1 is 1.13 bits per heavy atom. The minimum Gasteiger partial charge on any atom is -0.497 e. The number of methoxy groups -OCH3 is 1. The van der Waals surface area contributed by atoms with Crippen LogP contribution in [0.25, 0.3) is 16.9 Å². The molecule has 0 fully saturated rings. The fourth-order valence-corrected chi connectivity index (χ4v) is 2.85. The van der Waals surface area contributed by atoms with Crippen LogP contribution < -0.4 is 10.1 Å². The van der Waals surface area contributed by atoms with Crippen LogP contribution in [0, 0.1) is 5.82 Å². The maximum atomic E-state index is 13.7. The number of alkyl halides is 3. The summed E-state index contributed by atoms with van der Waals surface area (Å²) in [6.07, 6.45) is -0.549. The van der Waals surface area contributed by atoms with E-state index in [4.69, 9.17) is 4.74 Å². The Morgan fingerprint density at radius 2 is 1.94 bits per heavy atom. The van der Waals surface area contributed by atoms with Crippen molar-refractivity contribution in [2.24, 2.45) is 0 Å². The van der Waals surface area contributed by atoms with Gasteiger partial charge < -0.3 is 10.1 Å². The molecule has 0 atom stereocenters. The van der Waals surface area contributed by atoms with Gasteiger partial charge in [-0.25, -0.2) is 19.3 Å². The van der Waals surface area contributed by atoms with E-state index < -0.39 is 23.7 Å². The van der Waals surface area contributed by atoms with Gasteiger partial charge in [0.25, 0.3) is 5.91 Å². The van der Waals surface area contributed by atoms with Crippen molar-refractivity contribution in [3.63, 3.8) is 0 Å². The Labute approximate surface area is 171 Å². The second kappa shape index (κ2) is 7.63. The van der Waals surface area contributed by atoms with Gasteiger partial charge >= 0.3 is 6.18 Å². The van der Waals surface area contributed by atoms with E-state index in [-0.39, 0.29) is 28.2 Å². The molecule has 1 aromatic carbocycles. The maximum Gasteiger partial charge on any atom is 0.450 e. The fraction of sp³-hybridized carbons (Fsp3) is 0.105. The number of carbonyl (C=O) groups excluding carboxylic acids is 1. The van der Waals surface area contributed by atoms with Gasteiger partial charge in [-0.15, -0.1) is 0 Å². The number of nitrogens with zero attached hydrogens (tertiary/aromatic N) is 5. The fourth-order valence-electron chi connectivity index (χ4n) is 2.85. The highest BCUT2D eigenvalue weighted by Gasteiger charge is 2.38. The van der Waals surface area contributed by atoms with Crippen molar-refractivity contribution < 1.29 is 27.1 Å². The van der Waals surface area contributed by atoms with Gasteiger partial charge in [-0.3, -0.25) is 14.3 Å². The summed E-state index contributed by atoms with van der Waals surface area (Å²) in [5.41, 5.74) is -0.0770. The lowest BCUT2D eigenvalue weighted by atomic mass is 10.2. The Balaban J connectivity index is 1.70. The number of hydrogen-bond donors (Lipinski definition) is 1. The van der Waals surface area contributed by atoms with E-state index in [1.165, 1.54) is 37.6 Å². The number of pyridine rings is 1. The van der Waals surface area contributed by atoms with Gasteiger partial charge in [-0.2, -0.15) is 13.2 Å². The highest BCUT2D eigenvalue weighted by atomic mass is 19.4. The molecule has 12 heteroatoms. The topological polar surface area (TPSA) is 94.8 Å². The van der Waals surface area contributed by atoms with Crippen LogP contribution in [0.2, 0.25) is 0 Å². The number of nitrogens with one attached hydrogen (secondary N) is 1. The van der Waals surface area contributed by atoms with Crippen molar-refractivity contribution in [1.29, 1.82) is 0 Å². The van der Waals surface area contributed by atoms with Crippen LogP contribution in [0.15, 0.2) is 49.1 Å². The van der Waals surface area contributed by atoms with E-state index in [1.807, 2.05) is 0 Å². The predicted octanol–water partition coefficient (Wildman–Crippen LogP) is 3.63. The average molecular weight is 432 g/mol. The zero-order valence-electron chi connectivity index (χ0n) is 15.7. The van der Waals surface area contributed by atoms with Crippen LogP contribution in [0.5, 0.6) is 5.75 Å². The van der Waals surface area contributed by atoms with Crippen LogP contribution >= 0.6 is 0 Å². The Morgan fingerprint density at radius 3 is 2.58 bits per heavy atom. The molecule has 0 aliphatic heterocycles. The highest BCUT2D eigenvalue weighted by molar-refractivity contribution is 6.03. The monoisotopic (exact) mass is 432 g/mol. The molecular formula is C19H12F4N6O2. The molecule has 8 nitrogen and oxygen atoms in total. The summed E-state index contributed by atoms with van der Waals surface area (Å²) in [4.78, 5) is 27.2. The van der Waals surface area contributed by atoms with Crippen molar-refractivity contribution >= 4 is 22.8 Å². The zero-order chi connectivity index (χ0) is 22.2. The largest absolute Gasteiger partial charge is 0.497 e. The molecule has 3 heterocycles. The number of aromatic nitrogens is 5. The molecule has 0 aliphatic carbocycles. The second-order valence-electron chi connectivity index (χ2n) is 6.19. The van der Waals surface area contributed by atoms with Gasteiger partial charge in [-0.05, 0) is 18.2 Å². The molecule has 3 aromatic heterocycles. The summed E-state index contributed by atoms with van der Waals surface area (Å²) in [5, 5.41) is 2.32. The van der Waals surface area contributed by atoms with Gasteiger partial charge in [0.15, 0.2) is 17.5 Å². The van der Waals surface area contributed by atoms with Crippen molar-refractivity contribution in [3.8, 4) is 11.6 Å². The van der Waals surface area contributed by atoms with Crippen LogP contribution in [0.3, 0.4) is 0 Å². The summed E-state index contributed by atoms with van der Waals surface area (Å²) >= 11 is 0.